The Morgan fingerprint density at radius 2 is 2.29 bits per heavy atom. The third kappa shape index (κ3) is 1.55. The number of thiophene rings is 1. The van der Waals surface area contributed by atoms with Gasteiger partial charge in [0.15, 0.2) is 0 Å². The average Bonchev–Trinajstić information content (AvgIpc) is 2.75. The Morgan fingerprint density at radius 1 is 1.50 bits per heavy atom. The smallest absolute Gasteiger partial charge is 0.225 e. The molecule has 0 saturated carbocycles. The lowest BCUT2D eigenvalue weighted by molar-refractivity contribution is 0.620. The van der Waals surface area contributed by atoms with E-state index in [1.807, 2.05) is 11.5 Å². The highest BCUT2D eigenvalue weighted by atomic mass is 35.5. The Labute approximate surface area is 91.4 Å². The van der Waals surface area contributed by atoms with Crippen molar-refractivity contribution in [3.8, 4) is 0 Å². The zero-order valence-electron chi connectivity index (χ0n) is 7.94. The summed E-state index contributed by atoms with van der Waals surface area (Å²) in [6, 6.07) is 2.29. The zero-order chi connectivity index (χ0) is 10.1. The van der Waals surface area contributed by atoms with E-state index in [4.69, 9.17) is 11.6 Å². The number of halogens is 1. The van der Waals surface area contributed by atoms with Crippen LogP contribution in [0.4, 0.5) is 0 Å². The first-order chi connectivity index (χ1) is 6.70. The fourth-order valence-electron chi connectivity index (χ4n) is 1.45. The second-order valence-corrected chi connectivity index (χ2v) is 4.24. The van der Waals surface area contributed by atoms with Gasteiger partial charge in [0.1, 0.15) is 5.82 Å². The van der Waals surface area contributed by atoms with Gasteiger partial charge < -0.3 is 0 Å². The monoisotopic (exact) mass is 227 g/mol. The summed E-state index contributed by atoms with van der Waals surface area (Å²) in [5.74, 6) is 0.841. The first-order valence-electron chi connectivity index (χ1n) is 4.29. The number of aromatic nitrogens is 3. The van der Waals surface area contributed by atoms with Gasteiger partial charge in [-0.1, -0.05) is 0 Å². The molecule has 2 aromatic heterocycles. The Bertz CT molecular complexity index is 402. The minimum Gasteiger partial charge on any atom is -0.295 e. The van der Waals surface area contributed by atoms with Crippen LogP contribution in [0.5, 0.6) is 0 Å². The van der Waals surface area contributed by atoms with Gasteiger partial charge in [0.2, 0.25) is 5.28 Å². The molecule has 0 bridgehead atoms. The Morgan fingerprint density at radius 3 is 2.79 bits per heavy atom. The molecular formula is C9H10ClN3S. The largest absolute Gasteiger partial charge is 0.295 e. The maximum atomic E-state index is 5.95. The Hall–Kier alpha value is -0.870. The third-order valence-electron chi connectivity index (χ3n) is 2.24. The van der Waals surface area contributed by atoms with E-state index in [9.17, 15) is 0 Å². The van der Waals surface area contributed by atoms with E-state index in [1.54, 1.807) is 11.3 Å². The molecule has 0 saturated heterocycles. The summed E-state index contributed by atoms with van der Waals surface area (Å²) < 4.78 is 1.92. The van der Waals surface area contributed by atoms with E-state index in [1.165, 1.54) is 5.56 Å². The quantitative estimate of drug-likeness (QED) is 0.790. The Kier molecular flexibility index (Phi) is 2.56. The van der Waals surface area contributed by atoms with Crippen LogP contribution in [-0.2, 0) is 0 Å². The summed E-state index contributed by atoms with van der Waals surface area (Å²) in [5, 5.41) is 12.4. The molecule has 3 nitrogen and oxygen atoms in total. The van der Waals surface area contributed by atoms with Gasteiger partial charge in [-0.3, -0.25) is 4.57 Å². The standard InChI is InChI=1S/C9H10ClN3S/c1-6(8-3-4-14-5-8)13-7(2)11-12-9(13)10/h3-6H,1-2H3. The van der Waals surface area contributed by atoms with Crippen molar-refractivity contribution in [1.29, 1.82) is 0 Å². The van der Waals surface area contributed by atoms with Crippen LogP contribution in [0.3, 0.4) is 0 Å². The minimum atomic E-state index is 0.198. The van der Waals surface area contributed by atoms with Gasteiger partial charge in [0, 0.05) is 0 Å². The lowest BCUT2D eigenvalue weighted by atomic mass is 10.2. The molecule has 2 heterocycles. The topological polar surface area (TPSA) is 30.7 Å². The minimum absolute atomic E-state index is 0.198. The van der Waals surface area contributed by atoms with Crippen molar-refractivity contribution in [2.45, 2.75) is 19.9 Å². The molecule has 0 radical (unpaired) electrons. The predicted molar refractivity (Wildman–Crippen MR) is 57.9 cm³/mol. The van der Waals surface area contributed by atoms with Gasteiger partial charge in [-0.05, 0) is 47.8 Å². The fourth-order valence-corrected chi connectivity index (χ4v) is 2.50. The van der Waals surface area contributed by atoms with E-state index in [2.05, 4.69) is 33.9 Å². The highest BCUT2D eigenvalue weighted by molar-refractivity contribution is 7.07. The van der Waals surface area contributed by atoms with Gasteiger partial charge in [-0.25, -0.2) is 0 Å². The number of nitrogens with zero attached hydrogens (tertiary/aromatic N) is 3. The maximum absolute atomic E-state index is 5.95. The van der Waals surface area contributed by atoms with Crippen LogP contribution >= 0.6 is 22.9 Å². The van der Waals surface area contributed by atoms with Gasteiger partial charge in [-0.15, -0.1) is 10.2 Å². The molecule has 5 heteroatoms. The highest BCUT2D eigenvalue weighted by Gasteiger charge is 2.14. The van der Waals surface area contributed by atoms with Gasteiger partial charge in [0.25, 0.3) is 0 Å². The van der Waals surface area contributed by atoms with E-state index >= 15 is 0 Å². The second-order valence-electron chi connectivity index (χ2n) is 3.12. The van der Waals surface area contributed by atoms with Crippen molar-refractivity contribution < 1.29 is 0 Å². The molecule has 1 atom stereocenters. The Balaban J connectivity index is 2.41. The number of aryl methyl sites for hydroxylation is 1. The number of hydrogen-bond donors (Lipinski definition) is 0. The molecule has 14 heavy (non-hydrogen) atoms. The molecule has 0 amide bonds. The molecule has 0 aromatic carbocycles. The summed E-state index contributed by atoms with van der Waals surface area (Å²) in [6.45, 7) is 3.99. The molecule has 0 spiro atoms. The second kappa shape index (κ2) is 3.71. The molecule has 74 valence electrons. The van der Waals surface area contributed by atoms with E-state index in [0.717, 1.165) is 5.82 Å². The lowest BCUT2D eigenvalue weighted by Crippen LogP contribution is -2.07. The van der Waals surface area contributed by atoms with Gasteiger partial charge >= 0.3 is 0 Å². The van der Waals surface area contributed by atoms with Crippen LogP contribution in [0.1, 0.15) is 24.4 Å². The van der Waals surface area contributed by atoms with Crippen LogP contribution in [0.15, 0.2) is 16.8 Å². The van der Waals surface area contributed by atoms with E-state index in [0.29, 0.717) is 5.28 Å². The molecule has 0 N–H and O–H groups in total. The average molecular weight is 228 g/mol. The molecule has 0 aliphatic carbocycles. The SMILES string of the molecule is Cc1nnc(Cl)n1C(C)c1ccsc1. The first-order valence-corrected chi connectivity index (χ1v) is 5.61. The van der Waals surface area contributed by atoms with Crippen molar-refractivity contribution in [2.24, 2.45) is 0 Å². The number of hydrogen-bond acceptors (Lipinski definition) is 3. The predicted octanol–water partition coefficient (Wildman–Crippen LogP) is 2.91. The zero-order valence-corrected chi connectivity index (χ0v) is 9.51. The van der Waals surface area contributed by atoms with Crippen molar-refractivity contribution in [3.63, 3.8) is 0 Å². The lowest BCUT2D eigenvalue weighted by Gasteiger charge is -2.13. The van der Waals surface area contributed by atoms with Gasteiger partial charge in [0.05, 0.1) is 6.04 Å². The van der Waals surface area contributed by atoms with Crippen LogP contribution in [0.25, 0.3) is 0 Å². The fraction of sp³-hybridized carbons (Fsp3) is 0.333. The van der Waals surface area contributed by atoms with E-state index in [-0.39, 0.29) is 6.04 Å². The third-order valence-corrected chi connectivity index (χ3v) is 3.20. The summed E-state index contributed by atoms with van der Waals surface area (Å²) in [4.78, 5) is 0. The van der Waals surface area contributed by atoms with Crippen LogP contribution in [0.2, 0.25) is 5.28 Å². The summed E-state index contributed by atoms with van der Waals surface area (Å²) in [6.07, 6.45) is 0. The summed E-state index contributed by atoms with van der Waals surface area (Å²) >= 11 is 7.63. The molecule has 0 fully saturated rings. The normalized spacial score (nSPS) is 13.1. The van der Waals surface area contributed by atoms with Crippen molar-refractivity contribution >= 4 is 22.9 Å². The molecule has 2 aromatic rings. The number of rotatable bonds is 2. The highest BCUT2D eigenvalue weighted by Crippen LogP contribution is 2.24. The molecule has 0 aliphatic heterocycles. The summed E-state index contributed by atoms with van der Waals surface area (Å²) in [5.41, 5.74) is 1.24. The molecule has 1 unspecified atom stereocenters. The van der Waals surface area contributed by atoms with Crippen molar-refractivity contribution in [2.75, 3.05) is 0 Å². The molecule has 0 aliphatic rings. The first kappa shape index (κ1) is 9.68. The molecular weight excluding hydrogens is 218 g/mol. The van der Waals surface area contributed by atoms with E-state index < -0.39 is 0 Å². The van der Waals surface area contributed by atoms with Crippen LogP contribution in [-0.4, -0.2) is 14.8 Å². The molecule has 2 rings (SSSR count). The maximum Gasteiger partial charge on any atom is 0.225 e. The van der Waals surface area contributed by atoms with Crippen molar-refractivity contribution in [1.82, 2.24) is 14.8 Å². The van der Waals surface area contributed by atoms with Gasteiger partial charge in [-0.2, -0.15) is 11.3 Å². The summed E-state index contributed by atoms with van der Waals surface area (Å²) in [7, 11) is 0. The van der Waals surface area contributed by atoms with Crippen molar-refractivity contribution in [3.05, 3.63) is 33.5 Å². The van der Waals surface area contributed by atoms with Crippen LogP contribution in [0, 0.1) is 6.92 Å². The van der Waals surface area contributed by atoms with Crippen LogP contribution < -0.4 is 0 Å².